The van der Waals surface area contributed by atoms with Gasteiger partial charge in [0, 0.05) is 6.61 Å². The van der Waals surface area contributed by atoms with Gasteiger partial charge in [0.05, 0.1) is 13.7 Å². The third-order valence-corrected chi connectivity index (χ3v) is 1.95. The number of ether oxygens (including phenoxy) is 1. The standard InChI is InChI=1S/C9H14N2O3/c1-3-14-7-6-11-5-4-10(2)8(11)9(12)13/h4-5H,3,6-7H2,1-2H3/p+1. The van der Waals surface area contributed by atoms with Crippen LogP contribution in [0.5, 0.6) is 0 Å². The highest BCUT2D eigenvalue weighted by Gasteiger charge is 2.21. The number of carbonyl (C=O) groups is 1. The minimum atomic E-state index is -0.922. The first-order valence-corrected chi connectivity index (χ1v) is 4.52. The summed E-state index contributed by atoms with van der Waals surface area (Å²) >= 11 is 0. The van der Waals surface area contributed by atoms with Crippen molar-refractivity contribution in [1.82, 2.24) is 4.57 Å². The molecule has 1 aromatic rings. The van der Waals surface area contributed by atoms with Crippen molar-refractivity contribution in [1.29, 1.82) is 0 Å². The van der Waals surface area contributed by atoms with Crippen LogP contribution >= 0.6 is 0 Å². The van der Waals surface area contributed by atoms with E-state index in [0.29, 0.717) is 19.8 Å². The van der Waals surface area contributed by atoms with Crippen molar-refractivity contribution < 1.29 is 19.2 Å². The van der Waals surface area contributed by atoms with Gasteiger partial charge in [-0.05, 0) is 6.92 Å². The SMILES string of the molecule is CCOCCn1cc[n+](C)c1C(=O)O. The summed E-state index contributed by atoms with van der Waals surface area (Å²) in [7, 11) is 1.71. The Balaban J connectivity index is 2.71. The van der Waals surface area contributed by atoms with Crippen LogP contribution in [0.1, 0.15) is 17.5 Å². The van der Waals surface area contributed by atoms with Crippen molar-refractivity contribution in [3.63, 3.8) is 0 Å². The number of nitrogens with zero attached hydrogens (tertiary/aromatic N) is 2. The molecule has 1 N–H and O–H groups in total. The number of hydrogen-bond acceptors (Lipinski definition) is 2. The van der Waals surface area contributed by atoms with E-state index in [-0.39, 0.29) is 5.82 Å². The van der Waals surface area contributed by atoms with Crippen molar-refractivity contribution >= 4 is 5.97 Å². The molecule has 0 amide bonds. The van der Waals surface area contributed by atoms with Gasteiger partial charge in [0.1, 0.15) is 18.9 Å². The van der Waals surface area contributed by atoms with E-state index in [1.54, 1.807) is 28.6 Å². The molecule has 5 heteroatoms. The smallest absolute Gasteiger partial charge is 0.419 e. The molecule has 0 aliphatic carbocycles. The van der Waals surface area contributed by atoms with Crippen molar-refractivity contribution in [3.8, 4) is 0 Å². The van der Waals surface area contributed by atoms with E-state index in [4.69, 9.17) is 9.84 Å². The van der Waals surface area contributed by atoms with E-state index in [2.05, 4.69) is 0 Å². The Morgan fingerprint density at radius 2 is 2.43 bits per heavy atom. The number of aromatic carboxylic acids is 1. The predicted octanol–water partition coefficient (Wildman–Crippen LogP) is 0.0473. The van der Waals surface area contributed by atoms with Crippen LogP contribution in [-0.2, 0) is 18.3 Å². The predicted molar refractivity (Wildman–Crippen MR) is 49.1 cm³/mol. The first kappa shape index (κ1) is 10.7. The number of rotatable bonds is 5. The topological polar surface area (TPSA) is 55.3 Å². The number of aryl methyl sites for hydroxylation is 1. The zero-order valence-electron chi connectivity index (χ0n) is 8.43. The summed E-state index contributed by atoms with van der Waals surface area (Å²) in [5, 5.41) is 8.91. The van der Waals surface area contributed by atoms with Gasteiger partial charge in [0.15, 0.2) is 0 Å². The minimum absolute atomic E-state index is 0.268. The zero-order chi connectivity index (χ0) is 10.6. The Bertz CT molecular complexity index is 320. The van der Waals surface area contributed by atoms with Crippen LogP contribution < -0.4 is 4.57 Å². The molecular formula is C9H15N2O3+. The van der Waals surface area contributed by atoms with Crippen molar-refractivity contribution in [2.75, 3.05) is 13.2 Å². The lowest BCUT2D eigenvalue weighted by molar-refractivity contribution is -0.673. The molecule has 0 aliphatic heterocycles. The quantitative estimate of drug-likeness (QED) is 0.538. The molecule has 0 bridgehead atoms. The summed E-state index contributed by atoms with van der Waals surface area (Å²) in [6, 6.07) is 0. The molecule has 78 valence electrons. The van der Waals surface area contributed by atoms with Gasteiger partial charge in [0.2, 0.25) is 0 Å². The lowest BCUT2D eigenvalue weighted by atomic mass is 10.5. The molecule has 0 fully saturated rings. The van der Waals surface area contributed by atoms with Crippen molar-refractivity contribution in [2.45, 2.75) is 13.5 Å². The van der Waals surface area contributed by atoms with Gasteiger partial charge in [-0.25, -0.2) is 13.9 Å². The molecule has 1 heterocycles. The van der Waals surface area contributed by atoms with Crippen LogP contribution in [0.15, 0.2) is 12.4 Å². The summed E-state index contributed by atoms with van der Waals surface area (Å²) in [6.45, 7) is 3.66. The monoisotopic (exact) mass is 199 g/mol. The fraction of sp³-hybridized carbons (Fsp3) is 0.556. The van der Waals surface area contributed by atoms with Gasteiger partial charge < -0.3 is 9.84 Å². The van der Waals surface area contributed by atoms with Gasteiger partial charge >= 0.3 is 11.8 Å². The average molecular weight is 199 g/mol. The lowest BCUT2D eigenvalue weighted by Gasteiger charge is -1.99. The molecule has 0 radical (unpaired) electrons. The Labute approximate surface area is 82.5 Å². The summed E-state index contributed by atoms with van der Waals surface area (Å²) in [5.74, 6) is -0.654. The molecule has 0 atom stereocenters. The highest BCUT2D eigenvalue weighted by Crippen LogP contribution is 1.95. The van der Waals surface area contributed by atoms with Gasteiger partial charge in [-0.3, -0.25) is 0 Å². The molecule has 0 aliphatic rings. The molecule has 0 spiro atoms. The van der Waals surface area contributed by atoms with Crippen LogP contribution in [0.3, 0.4) is 0 Å². The fourth-order valence-electron chi connectivity index (χ4n) is 1.29. The highest BCUT2D eigenvalue weighted by atomic mass is 16.5. The summed E-state index contributed by atoms with van der Waals surface area (Å²) < 4.78 is 8.40. The zero-order valence-corrected chi connectivity index (χ0v) is 8.43. The number of imidazole rings is 1. The van der Waals surface area contributed by atoms with Gasteiger partial charge in [-0.1, -0.05) is 0 Å². The maximum atomic E-state index is 10.9. The largest absolute Gasteiger partial charge is 0.472 e. The van der Waals surface area contributed by atoms with Gasteiger partial charge in [0.25, 0.3) is 0 Å². The molecule has 1 aromatic heterocycles. The maximum absolute atomic E-state index is 10.9. The van der Waals surface area contributed by atoms with Crippen LogP contribution in [-0.4, -0.2) is 28.9 Å². The van der Waals surface area contributed by atoms with Gasteiger partial charge in [-0.15, -0.1) is 0 Å². The normalized spacial score (nSPS) is 10.4. The minimum Gasteiger partial charge on any atom is -0.472 e. The summed E-state index contributed by atoms with van der Waals surface area (Å²) in [5.41, 5.74) is 0. The Morgan fingerprint density at radius 1 is 1.71 bits per heavy atom. The van der Waals surface area contributed by atoms with Crippen LogP contribution in [0.4, 0.5) is 0 Å². The number of carboxylic acid groups (broad SMARTS) is 1. The van der Waals surface area contributed by atoms with E-state index in [0.717, 1.165) is 0 Å². The second kappa shape index (κ2) is 4.76. The van der Waals surface area contributed by atoms with E-state index < -0.39 is 5.97 Å². The third-order valence-electron chi connectivity index (χ3n) is 1.95. The van der Waals surface area contributed by atoms with E-state index in [9.17, 15) is 4.79 Å². The molecule has 5 nitrogen and oxygen atoms in total. The van der Waals surface area contributed by atoms with E-state index in [1.807, 2.05) is 6.92 Å². The van der Waals surface area contributed by atoms with Crippen LogP contribution in [0.2, 0.25) is 0 Å². The summed E-state index contributed by atoms with van der Waals surface area (Å²) in [6.07, 6.45) is 3.46. The lowest BCUT2D eigenvalue weighted by Crippen LogP contribution is -2.35. The number of carboxylic acids is 1. The Morgan fingerprint density at radius 3 is 3.00 bits per heavy atom. The Kier molecular flexibility index (Phi) is 3.64. The number of hydrogen-bond donors (Lipinski definition) is 1. The van der Waals surface area contributed by atoms with Crippen LogP contribution in [0, 0.1) is 0 Å². The molecule has 0 unspecified atom stereocenters. The second-order valence-corrected chi connectivity index (χ2v) is 2.93. The molecule has 14 heavy (non-hydrogen) atoms. The van der Waals surface area contributed by atoms with Crippen molar-refractivity contribution in [2.24, 2.45) is 7.05 Å². The van der Waals surface area contributed by atoms with Crippen molar-refractivity contribution in [3.05, 3.63) is 18.2 Å². The van der Waals surface area contributed by atoms with E-state index >= 15 is 0 Å². The van der Waals surface area contributed by atoms with Crippen LogP contribution in [0.25, 0.3) is 0 Å². The number of aromatic nitrogens is 2. The fourth-order valence-corrected chi connectivity index (χ4v) is 1.29. The third kappa shape index (κ3) is 2.32. The summed E-state index contributed by atoms with van der Waals surface area (Å²) in [4.78, 5) is 10.9. The Hall–Kier alpha value is -1.36. The van der Waals surface area contributed by atoms with E-state index in [1.165, 1.54) is 0 Å². The molecule has 1 rings (SSSR count). The second-order valence-electron chi connectivity index (χ2n) is 2.93. The average Bonchev–Trinajstić information content (AvgIpc) is 2.47. The first-order chi connectivity index (χ1) is 6.66. The highest BCUT2D eigenvalue weighted by molar-refractivity contribution is 5.81. The maximum Gasteiger partial charge on any atom is 0.419 e. The molecule has 0 saturated carbocycles. The first-order valence-electron chi connectivity index (χ1n) is 4.52. The molecular weight excluding hydrogens is 184 g/mol. The molecule has 0 saturated heterocycles. The molecule has 0 aromatic carbocycles. The van der Waals surface area contributed by atoms with Gasteiger partial charge in [-0.2, -0.15) is 0 Å².